The molecular formula is C12H24N2. The van der Waals surface area contributed by atoms with Crippen LogP contribution in [0.15, 0.2) is 0 Å². The lowest BCUT2D eigenvalue weighted by molar-refractivity contribution is 0.229. The van der Waals surface area contributed by atoms with Crippen molar-refractivity contribution in [3.8, 4) is 0 Å². The lowest BCUT2D eigenvalue weighted by atomic mass is 10.2. The number of rotatable bonds is 0. The van der Waals surface area contributed by atoms with Crippen molar-refractivity contribution in [2.24, 2.45) is 0 Å². The maximum absolute atomic E-state index is 2.69. The molecule has 14 heavy (non-hydrogen) atoms. The van der Waals surface area contributed by atoms with E-state index < -0.39 is 0 Å². The third-order valence-electron chi connectivity index (χ3n) is 3.60. The fraction of sp³-hybridized carbons (Fsp3) is 1.00. The first-order valence-corrected chi connectivity index (χ1v) is 6.40. The van der Waals surface area contributed by atoms with E-state index in [1.165, 1.54) is 77.8 Å². The number of hydrogen-bond acceptors (Lipinski definition) is 2. The topological polar surface area (TPSA) is 6.48 Å². The monoisotopic (exact) mass is 196 g/mol. The highest BCUT2D eigenvalue weighted by Crippen LogP contribution is 2.10. The highest BCUT2D eigenvalue weighted by molar-refractivity contribution is 4.68. The maximum Gasteiger partial charge on any atom is -0.000655 e. The van der Waals surface area contributed by atoms with Gasteiger partial charge in [-0.05, 0) is 71.4 Å². The van der Waals surface area contributed by atoms with Crippen molar-refractivity contribution in [2.45, 2.75) is 38.5 Å². The van der Waals surface area contributed by atoms with E-state index in [1.54, 1.807) is 0 Å². The summed E-state index contributed by atoms with van der Waals surface area (Å²) in [5, 5.41) is 0. The maximum atomic E-state index is 2.69. The molecule has 2 heterocycles. The first kappa shape index (κ1) is 10.4. The summed E-state index contributed by atoms with van der Waals surface area (Å²) >= 11 is 0. The van der Waals surface area contributed by atoms with Crippen LogP contribution in [-0.4, -0.2) is 49.1 Å². The van der Waals surface area contributed by atoms with E-state index in [1.807, 2.05) is 0 Å². The summed E-state index contributed by atoms with van der Waals surface area (Å²) in [6.45, 7) is 8.12. The zero-order valence-electron chi connectivity index (χ0n) is 9.38. The van der Waals surface area contributed by atoms with Crippen molar-refractivity contribution in [3.63, 3.8) is 0 Å². The normalized spacial score (nSPS) is 36.0. The fourth-order valence-corrected chi connectivity index (χ4v) is 2.71. The first-order valence-electron chi connectivity index (χ1n) is 6.40. The van der Waals surface area contributed by atoms with Crippen LogP contribution in [0.5, 0.6) is 0 Å². The molecule has 2 saturated heterocycles. The molecule has 2 atom stereocenters. The van der Waals surface area contributed by atoms with Gasteiger partial charge in [0, 0.05) is 0 Å². The predicted octanol–water partition coefficient (Wildman–Crippen LogP) is 1.96. The Kier molecular flexibility index (Phi) is 4.26. The van der Waals surface area contributed by atoms with Crippen LogP contribution in [0.1, 0.15) is 38.5 Å². The standard InChI is InChI=1S/C12H24N2/c1-2-7-13-9-4-5-10-14(8-3-1)12-6-11-13/h1-12H2. The van der Waals surface area contributed by atoms with E-state index in [4.69, 9.17) is 0 Å². The summed E-state index contributed by atoms with van der Waals surface area (Å²) in [7, 11) is 0. The van der Waals surface area contributed by atoms with Gasteiger partial charge >= 0.3 is 0 Å². The third-order valence-corrected chi connectivity index (χ3v) is 3.60. The molecule has 0 aromatic heterocycles. The minimum Gasteiger partial charge on any atom is -0.303 e. The summed E-state index contributed by atoms with van der Waals surface area (Å²) in [4.78, 5) is 5.38. The molecule has 0 aliphatic carbocycles. The molecule has 2 rings (SSSR count). The molecular weight excluding hydrogens is 172 g/mol. The van der Waals surface area contributed by atoms with E-state index in [0.29, 0.717) is 0 Å². The molecule has 2 aliphatic heterocycles. The molecule has 2 aliphatic rings. The second-order valence-electron chi connectivity index (χ2n) is 4.80. The van der Waals surface area contributed by atoms with Gasteiger partial charge in [-0.25, -0.2) is 0 Å². The molecule has 2 heteroatoms. The summed E-state index contributed by atoms with van der Waals surface area (Å²) in [5.41, 5.74) is 0. The van der Waals surface area contributed by atoms with Crippen LogP contribution in [0.25, 0.3) is 0 Å². The molecule has 0 aromatic rings. The minimum atomic E-state index is 1.34. The molecule has 2 fully saturated rings. The Morgan fingerprint density at radius 1 is 0.357 bits per heavy atom. The van der Waals surface area contributed by atoms with E-state index >= 15 is 0 Å². The number of nitrogens with zero attached hydrogens (tertiary/aromatic N) is 2. The molecule has 0 radical (unpaired) electrons. The molecule has 0 amide bonds. The van der Waals surface area contributed by atoms with Crippen LogP contribution in [-0.2, 0) is 0 Å². The lowest BCUT2D eigenvalue weighted by Gasteiger charge is -2.24. The minimum absolute atomic E-state index is 1.34. The van der Waals surface area contributed by atoms with Crippen LogP contribution in [0.3, 0.4) is 0 Å². The summed E-state index contributed by atoms with van der Waals surface area (Å²) in [6.07, 6.45) is 8.50. The average Bonchev–Trinajstić information content (AvgIpc) is 2.28. The van der Waals surface area contributed by atoms with E-state index in [9.17, 15) is 0 Å². The van der Waals surface area contributed by atoms with Crippen molar-refractivity contribution >= 4 is 0 Å². The highest BCUT2D eigenvalue weighted by atomic mass is 15.2. The molecule has 0 N–H and O–H groups in total. The molecule has 2 nitrogen and oxygen atoms in total. The molecule has 0 spiro atoms. The highest BCUT2D eigenvalue weighted by Gasteiger charge is 2.12. The zero-order valence-corrected chi connectivity index (χ0v) is 9.38. The van der Waals surface area contributed by atoms with Gasteiger partial charge in [-0.2, -0.15) is 0 Å². The SMILES string of the molecule is C1CCN2CCCCN(CC1)CCC2. The van der Waals surface area contributed by atoms with Gasteiger partial charge in [0.15, 0.2) is 0 Å². The first-order chi connectivity index (χ1) is 6.95. The Hall–Kier alpha value is -0.0800. The van der Waals surface area contributed by atoms with Crippen LogP contribution >= 0.6 is 0 Å². The molecule has 0 saturated carbocycles. The van der Waals surface area contributed by atoms with Crippen molar-refractivity contribution < 1.29 is 0 Å². The zero-order chi connectivity index (χ0) is 9.64. The van der Waals surface area contributed by atoms with Crippen molar-refractivity contribution in [3.05, 3.63) is 0 Å². The number of hydrogen-bond donors (Lipinski definition) is 0. The average molecular weight is 196 g/mol. The molecule has 2 bridgehead atoms. The van der Waals surface area contributed by atoms with E-state index in [-0.39, 0.29) is 0 Å². The Balaban J connectivity index is 1.93. The molecule has 82 valence electrons. The quantitative estimate of drug-likeness (QED) is 0.584. The fourth-order valence-electron chi connectivity index (χ4n) is 2.71. The summed E-state index contributed by atoms with van der Waals surface area (Å²) in [5.74, 6) is 0. The largest absolute Gasteiger partial charge is 0.303 e. The van der Waals surface area contributed by atoms with Gasteiger partial charge in [-0.15, -0.1) is 0 Å². The lowest BCUT2D eigenvalue weighted by Crippen LogP contribution is -2.31. The Morgan fingerprint density at radius 2 is 0.714 bits per heavy atom. The Labute approximate surface area is 88.3 Å². The second-order valence-corrected chi connectivity index (χ2v) is 4.80. The second kappa shape index (κ2) is 5.72. The number of fused-ring (bicyclic) bond motifs is 4. The van der Waals surface area contributed by atoms with Crippen molar-refractivity contribution in [1.29, 1.82) is 0 Å². The summed E-state index contributed by atoms with van der Waals surface area (Å²) in [6, 6.07) is 0. The van der Waals surface area contributed by atoms with Crippen LogP contribution in [0.4, 0.5) is 0 Å². The van der Waals surface area contributed by atoms with Gasteiger partial charge in [-0.1, -0.05) is 6.42 Å². The van der Waals surface area contributed by atoms with Gasteiger partial charge in [0.05, 0.1) is 0 Å². The third kappa shape index (κ3) is 3.25. The van der Waals surface area contributed by atoms with Gasteiger partial charge in [-0.3, -0.25) is 0 Å². The van der Waals surface area contributed by atoms with Gasteiger partial charge in [0.25, 0.3) is 0 Å². The smallest absolute Gasteiger partial charge is 0.000655 e. The van der Waals surface area contributed by atoms with Crippen LogP contribution in [0, 0.1) is 0 Å². The van der Waals surface area contributed by atoms with Gasteiger partial charge in [0.2, 0.25) is 0 Å². The Bertz CT molecular complexity index is 138. The molecule has 2 unspecified atom stereocenters. The van der Waals surface area contributed by atoms with E-state index in [2.05, 4.69) is 9.80 Å². The predicted molar refractivity (Wildman–Crippen MR) is 60.6 cm³/mol. The van der Waals surface area contributed by atoms with E-state index in [0.717, 1.165) is 0 Å². The summed E-state index contributed by atoms with van der Waals surface area (Å²) < 4.78 is 0. The van der Waals surface area contributed by atoms with Gasteiger partial charge in [0.1, 0.15) is 0 Å². The van der Waals surface area contributed by atoms with Crippen LogP contribution < -0.4 is 0 Å². The Morgan fingerprint density at radius 3 is 1.21 bits per heavy atom. The van der Waals surface area contributed by atoms with Crippen LogP contribution in [0.2, 0.25) is 0 Å². The van der Waals surface area contributed by atoms with Crippen molar-refractivity contribution in [1.82, 2.24) is 9.80 Å². The molecule has 0 aromatic carbocycles. The van der Waals surface area contributed by atoms with Crippen molar-refractivity contribution in [2.75, 3.05) is 39.3 Å². The van der Waals surface area contributed by atoms with Gasteiger partial charge < -0.3 is 9.80 Å².